The number of hydrogen-bond acceptors (Lipinski definition) is 1. The molecule has 0 amide bonds. The molecule has 1 aromatic carbocycles. The highest BCUT2D eigenvalue weighted by atomic mass is 16.3. The van der Waals surface area contributed by atoms with Crippen molar-refractivity contribution in [2.24, 2.45) is 11.8 Å². The summed E-state index contributed by atoms with van der Waals surface area (Å²) >= 11 is 0. The van der Waals surface area contributed by atoms with Gasteiger partial charge in [-0.2, -0.15) is 0 Å². The summed E-state index contributed by atoms with van der Waals surface area (Å²) in [5.41, 5.74) is 3.27. The molecule has 1 nitrogen and oxygen atoms in total. The van der Waals surface area contributed by atoms with E-state index < -0.39 is 5.60 Å². The van der Waals surface area contributed by atoms with Gasteiger partial charge in [0.2, 0.25) is 0 Å². The fourth-order valence-electron chi connectivity index (χ4n) is 3.30. The lowest BCUT2D eigenvalue weighted by molar-refractivity contribution is 0.000736. The van der Waals surface area contributed by atoms with Gasteiger partial charge < -0.3 is 5.11 Å². The van der Waals surface area contributed by atoms with Crippen molar-refractivity contribution in [1.82, 2.24) is 0 Å². The fourth-order valence-corrected chi connectivity index (χ4v) is 3.30. The van der Waals surface area contributed by atoms with E-state index in [4.69, 9.17) is 0 Å². The molecule has 0 aromatic heterocycles. The first-order valence-corrected chi connectivity index (χ1v) is 7.50. The maximum atomic E-state index is 11.0. The van der Waals surface area contributed by atoms with Gasteiger partial charge in [0.05, 0.1) is 5.60 Å². The maximum absolute atomic E-state index is 11.0. The molecule has 0 spiro atoms. The van der Waals surface area contributed by atoms with Crippen LogP contribution in [0.25, 0.3) is 0 Å². The highest BCUT2D eigenvalue weighted by Crippen LogP contribution is 2.29. The monoisotopic (exact) mass is 262 g/mol. The van der Waals surface area contributed by atoms with E-state index in [2.05, 4.69) is 59.7 Å². The molecule has 0 heterocycles. The second-order valence-electron chi connectivity index (χ2n) is 7.09. The normalized spacial score (nSPS) is 12.5. The molecule has 0 unspecified atom stereocenters. The molecular formula is C18H30O. The topological polar surface area (TPSA) is 20.2 Å². The Bertz CT molecular complexity index is 374. The van der Waals surface area contributed by atoms with Crippen molar-refractivity contribution in [2.75, 3.05) is 0 Å². The van der Waals surface area contributed by atoms with Gasteiger partial charge >= 0.3 is 0 Å². The summed E-state index contributed by atoms with van der Waals surface area (Å²) < 4.78 is 0. The Kier molecular flexibility index (Phi) is 5.61. The molecular weight excluding hydrogens is 232 g/mol. The van der Waals surface area contributed by atoms with Gasteiger partial charge in [0, 0.05) is 6.42 Å². The first kappa shape index (κ1) is 16.2. The van der Waals surface area contributed by atoms with Crippen LogP contribution >= 0.6 is 0 Å². The number of aliphatic hydroxyl groups is 1. The van der Waals surface area contributed by atoms with Gasteiger partial charge in [0.1, 0.15) is 0 Å². The number of hydrogen-bond donors (Lipinski definition) is 1. The van der Waals surface area contributed by atoms with Crippen LogP contribution in [0.5, 0.6) is 0 Å². The molecule has 0 aliphatic rings. The lowest BCUT2D eigenvalue weighted by Crippen LogP contribution is -2.35. The Hall–Kier alpha value is -0.820. The first-order chi connectivity index (χ1) is 8.70. The molecule has 1 aromatic rings. The molecule has 1 rings (SSSR count). The zero-order valence-electron chi connectivity index (χ0n) is 13.5. The molecule has 0 aliphatic heterocycles. The van der Waals surface area contributed by atoms with Gasteiger partial charge in [-0.1, -0.05) is 57.0 Å². The van der Waals surface area contributed by atoms with Crippen LogP contribution in [0.2, 0.25) is 0 Å². The van der Waals surface area contributed by atoms with Gasteiger partial charge in [0.25, 0.3) is 0 Å². The van der Waals surface area contributed by atoms with Gasteiger partial charge in [0.15, 0.2) is 0 Å². The van der Waals surface area contributed by atoms with Crippen molar-refractivity contribution in [1.29, 1.82) is 0 Å². The van der Waals surface area contributed by atoms with Crippen molar-refractivity contribution in [2.45, 2.75) is 66.4 Å². The minimum Gasteiger partial charge on any atom is -0.390 e. The van der Waals surface area contributed by atoms with Crippen LogP contribution in [0.4, 0.5) is 0 Å². The second-order valence-corrected chi connectivity index (χ2v) is 7.09. The fraction of sp³-hybridized carbons (Fsp3) is 0.667. The molecule has 0 saturated carbocycles. The van der Waals surface area contributed by atoms with Crippen molar-refractivity contribution in [3.63, 3.8) is 0 Å². The minimum absolute atomic E-state index is 0.523. The molecule has 0 radical (unpaired) electrons. The van der Waals surface area contributed by atoms with E-state index in [1.54, 1.807) is 0 Å². The highest BCUT2D eigenvalue weighted by Gasteiger charge is 2.29. The number of rotatable bonds is 6. The van der Waals surface area contributed by atoms with Gasteiger partial charge in [-0.25, -0.2) is 0 Å². The lowest BCUT2D eigenvalue weighted by Gasteiger charge is -2.32. The van der Waals surface area contributed by atoms with E-state index in [1.807, 2.05) is 0 Å². The summed E-state index contributed by atoms with van der Waals surface area (Å²) in [6.45, 7) is 13.0. The zero-order valence-corrected chi connectivity index (χ0v) is 13.5. The Morgan fingerprint density at radius 1 is 0.895 bits per heavy atom. The van der Waals surface area contributed by atoms with Crippen LogP contribution in [0.1, 0.15) is 57.2 Å². The summed E-state index contributed by atoms with van der Waals surface area (Å²) in [6, 6.07) is 6.60. The highest BCUT2D eigenvalue weighted by molar-refractivity contribution is 5.29. The molecule has 1 N–H and O–H groups in total. The van der Waals surface area contributed by atoms with Gasteiger partial charge in [-0.05, 0) is 44.1 Å². The number of aryl methyl sites for hydroxylation is 2. The molecule has 0 aliphatic carbocycles. The quantitative estimate of drug-likeness (QED) is 0.790. The Morgan fingerprint density at radius 2 is 1.32 bits per heavy atom. The molecule has 0 saturated heterocycles. The smallest absolute Gasteiger partial charge is 0.0692 e. The Balaban J connectivity index is 2.92. The van der Waals surface area contributed by atoms with E-state index in [0.717, 1.165) is 19.3 Å². The van der Waals surface area contributed by atoms with E-state index >= 15 is 0 Å². The standard InChI is InChI=1S/C18H30O/c1-13(2)10-18(19,11-14(3)4)12-17-8-15(5)7-16(6)9-17/h7-9,13-14,19H,10-12H2,1-6H3. The van der Waals surface area contributed by atoms with Crippen LogP contribution in [0.3, 0.4) is 0 Å². The third kappa shape index (κ3) is 5.78. The summed E-state index contributed by atoms with van der Waals surface area (Å²) in [5, 5.41) is 11.0. The third-order valence-electron chi connectivity index (χ3n) is 3.39. The average Bonchev–Trinajstić information content (AvgIpc) is 2.10. The minimum atomic E-state index is -0.567. The van der Waals surface area contributed by atoms with Crippen LogP contribution in [-0.2, 0) is 6.42 Å². The molecule has 19 heavy (non-hydrogen) atoms. The summed E-state index contributed by atoms with van der Waals surface area (Å²) in [7, 11) is 0. The molecule has 0 fully saturated rings. The molecule has 0 atom stereocenters. The van der Waals surface area contributed by atoms with E-state index in [9.17, 15) is 5.11 Å². The van der Waals surface area contributed by atoms with Crippen molar-refractivity contribution in [3.05, 3.63) is 34.9 Å². The molecule has 0 bridgehead atoms. The summed E-state index contributed by atoms with van der Waals surface area (Å²) in [5.74, 6) is 1.05. The van der Waals surface area contributed by atoms with Crippen LogP contribution < -0.4 is 0 Å². The maximum Gasteiger partial charge on any atom is 0.0692 e. The summed E-state index contributed by atoms with van der Waals surface area (Å²) in [6.07, 6.45) is 2.52. The van der Waals surface area contributed by atoms with Gasteiger partial charge in [-0.15, -0.1) is 0 Å². The van der Waals surface area contributed by atoms with Crippen LogP contribution in [0, 0.1) is 25.7 Å². The summed E-state index contributed by atoms with van der Waals surface area (Å²) in [4.78, 5) is 0. The van der Waals surface area contributed by atoms with Gasteiger partial charge in [-0.3, -0.25) is 0 Å². The molecule has 108 valence electrons. The third-order valence-corrected chi connectivity index (χ3v) is 3.39. The van der Waals surface area contributed by atoms with E-state index in [0.29, 0.717) is 11.8 Å². The van der Waals surface area contributed by atoms with Crippen molar-refractivity contribution >= 4 is 0 Å². The molecule has 1 heteroatoms. The predicted molar refractivity (Wildman–Crippen MR) is 83.5 cm³/mol. The number of benzene rings is 1. The average molecular weight is 262 g/mol. The van der Waals surface area contributed by atoms with Crippen molar-refractivity contribution < 1.29 is 5.11 Å². The Labute approximate surface area is 119 Å². The van der Waals surface area contributed by atoms with Crippen LogP contribution in [0.15, 0.2) is 18.2 Å². The zero-order chi connectivity index (χ0) is 14.6. The van der Waals surface area contributed by atoms with Crippen LogP contribution in [-0.4, -0.2) is 10.7 Å². The van der Waals surface area contributed by atoms with E-state index in [1.165, 1.54) is 16.7 Å². The second kappa shape index (κ2) is 6.56. The lowest BCUT2D eigenvalue weighted by atomic mass is 9.80. The SMILES string of the molecule is Cc1cc(C)cc(CC(O)(CC(C)C)CC(C)C)c1. The predicted octanol–water partition coefficient (Wildman–Crippen LogP) is 4.67. The van der Waals surface area contributed by atoms with Crippen molar-refractivity contribution in [3.8, 4) is 0 Å². The first-order valence-electron chi connectivity index (χ1n) is 7.50. The van der Waals surface area contributed by atoms with E-state index in [-0.39, 0.29) is 0 Å². The largest absolute Gasteiger partial charge is 0.390 e. The Morgan fingerprint density at radius 3 is 1.68 bits per heavy atom.